The largest absolute Gasteiger partial charge is 0.481 e. The Morgan fingerprint density at radius 1 is 1.09 bits per heavy atom. The van der Waals surface area contributed by atoms with Crippen molar-refractivity contribution in [2.75, 3.05) is 13.2 Å². The number of hydrogen-bond donors (Lipinski definition) is 2. The van der Waals surface area contributed by atoms with Crippen LogP contribution in [-0.2, 0) is 20.9 Å². The molecule has 1 aromatic rings. The Bertz CT molecular complexity index is 509. The third kappa shape index (κ3) is 5.48. The fraction of sp³-hybridized carbons (Fsp3) is 0.529. The second-order valence-electron chi connectivity index (χ2n) is 6.73. The van der Waals surface area contributed by atoms with Crippen LogP contribution in [0, 0.1) is 10.8 Å². The topological polar surface area (TPSA) is 75.6 Å². The van der Waals surface area contributed by atoms with Gasteiger partial charge in [0.15, 0.2) is 0 Å². The minimum absolute atomic E-state index is 0.0866. The van der Waals surface area contributed by atoms with Gasteiger partial charge in [0.25, 0.3) is 0 Å². The Labute approximate surface area is 131 Å². The Kier molecular flexibility index (Phi) is 6.11. The molecule has 0 aliphatic heterocycles. The predicted molar refractivity (Wildman–Crippen MR) is 84.3 cm³/mol. The van der Waals surface area contributed by atoms with Crippen LogP contribution in [0.25, 0.3) is 0 Å². The monoisotopic (exact) mass is 307 g/mol. The molecule has 2 N–H and O–H groups in total. The number of benzene rings is 1. The lowest BCUT2D eigenvalue weighted by Crippen LogP contribution is -2.45. The van der Waals surface area contributed by atoms with Crippen molar-refractivity contribution in [2.45, 2.75) is 34.3 Å². The highest BCUT2D eigenvalue weighted by Crippen LogP contribution is 2.19. The Morgan fingerprint density at radius 3 is 2.23 bits per heavy atom. The molecule has 122 valence electrons. The first-order valence-corrected chi connectivity index (χ1v) is 7.28. The molecule has 0 saturated carbocycles. The van der Waals surface area contributed by atoms with Gasteiger partial charge in [0.2, 0.25) is 5.91 Å². The molecule has 1 aromatic carbocycles. The molecule has 5 nitrogen and oxygen atoms in total. The van der Waals surface area contributed by atoms with E-state index in [2.05, 4.69) is 5.32 Å². The summed E-state index contributed by atoms with van der Waals surface area (Å²) >= 11 is 0. The molecule has 5 heteroatoms. The Morgan fingerprint density at radius 2 is 1.68 bits per heavy atom. The van der Waals surface area contributed by atoms with E-state index in [0.29, 0.717) is 6.61 Å². The van der Waals surface area contributed by atoms with Crippen molar-refractivity contribution in [3.05, 3.63) is 35.9 Å². The molecule has 0 unspecified atom stereocenters. The zero-order valence-corrected chi connectivity index (χ0v) is 13.7. The van der Waals surface area contributed by atoms with Crippen molar-refractivity contribution in [3.8, 4) is 0 Å². The van der Waals surface area contributed by atoms with E-state index < -0.39 is 16.8 Å². The summed E-state index contributed by atoms with van der Waals surface area (Å²) in [6.07, 6.45) is 0. The number of nitrogens with one attached hydrogen (secondary N) is 1. The zero-order chi connectivity index (χ0) is 16.8. The summed E-state index contributed by atoms with van der Waals surface area (Å²) in [4.78, 5) is 23.2. The fourth-order valence-electron chi connectivity index (χ4n) is 1.68. The maximum Gasteiger partial charge on any atom is 0.310 e. The molecule has 1 amide bonds. The number of carboxylic acid groups (broad SMARTS) is 1. The molecule has 22 heavy (non-hydrogen) atoms. The van der Waals surface area contributed by atoms with Crippen LogP contribution < -0.4 is 5.32 Å². The standard InChI is InChI=1S/C17H25NO4/c1-16(2,15(20)21)11-18-14(19)17(3,4)12-22-10-13-8-6-5-7-9-13/h5-9H,10-12H2,1-4H3,(H,18,19)(H,20,21). The second-order valence-corrected chi connectivity index (χ2v) is 6.73. The number of carbonyl (C=O) groups excluding carboxylic acids is 1. The Hall–Kier alpha value is -1.88. The van der Waals surface area contributed by atoms with Crippen molar-refractivity contribution in [3.63, 3.8) is 0 Å². The van der Waals surface area contributed by atoms with Crippen LogP contribution in [0.5, 0.6) is 0 Å². The first-order valence-electron chi connectivity index (χ1n) is 7.28. The SMILES string of the molecule is CC(C)(CNC(=O)C(C)(C)COCc1ccccc1)C(=O)O. The normalized spacial score (nSPS) is 12.0. The summed E-state index contributed by atoms with van der Waals surface area (Å²) in [5.74, 6) is -1.15. The number of aliphatic carboxylic acids is 1. The third-order valence-electron chi connectivity index (χ3n) is 3.46. The molecule has 0 spiro atoms. The van der Waals surface area contributed by atoms with Crippen LogP contribution in [-0.4, -0.2) is 30.1 Å². The lowest BCUT2D eigenvalue weighted by molar-refractivity contribution is -0.147. The van der Waals surface area contributed by atoms with E-state index in [-0.39, 0.29) is 19.1 Å². The molecule has 0 radical (unpaired) electrons. The smallest absolute Gasteiger partial charge is 0.310 e. The zero-order valence-electron chi connectivity index (χ0n) is 13.7. The van der Waals surface area contributed by atoms with Gasteiger partial charge in [-0.05, 0) is 33.3 Å². The molecule has 0 aliphatic carbocycles. The number of rotatable bonds is 8. The lowest BCUT2D eigenvalue weighted by atomic mass is 9.90. The van der Waals surface area contributed by atoms with E-state index in [9.17, 15) is 9.59 Å². The highest BCUT2D eigenvalue weighted by Gasteiger charge is 2.32. The number of ether oxygens (including phenoxy) is 1. The minimum Gasteiger partial charge on any atom is -0.481 e. The Balaban J connectivity index is 2.44. The van der Waals surface area contributed by atoms with Crippen molar-refractivity contribution in [1.29, 1.82) is 0 Å². The quantitative estimate of drug-likeness (QED) is 0.773. The van der Waals surface area contributed by atoms with Gasteiger partial charge in [-0.3, -0.25) is 9.59 Å². The third-order valence-corrected chi connectivity index (χ3v) is 3.46. The van der Waals surface area contributed by atoms with Gasteiger partial charge >= 0.3 is 5.97 Å². The summed E-state index contributed by atoms with van der Waals surface area (Å²) in [6.45, 7) is 7.51. The number of carbonyl (C=O) groups is 2. The summed E-state index contributed by atoms with van der Waals surface area (Å²) in [7, 11) is 0. The summed E-state index contributed by atoms with van der Waals surface area (Å²) in [5, 5.41) is 11.7. The molecule has 0 atom stereocenters. The number of hydrogen-bond acceptors (Lipinski definition) is 3. The summed E-state index contributed by atoms with van der Waals surface area (Å²) < 4.78 is 5.61. The maximum absolute atomic E-state index is 12.2. The van der Waals surface area contributed by atoms with Crippen molar-refractivity contribution in [2.24, 2.45) is 10.8 Å². The highest BCUT2D eigenvalue weighted by atomic mass is 16.5. The molecule has 0 bridgehead atoms. The predicted octanol–water partition coefficient (Wildman–Crippen LogP) is 2.46. The van der Waals surface area contributed by atoms with Crippen LogP contribution in [0.2, 0.25) is 0 Å². The van der Waals surface area contributed by atoms with Crippen LogP contribution >= 0.6 is 0 Å². The maximum atomic E-state index is 12.2. The average molecular weight is 307 g/mol. The van der Waals surface area contributed by atoms with Crippen LogP contribution in [0.1, 0.15) is 33.3 Å². The highest BCUT2D eigenvalue weighted by molar-refractivity contribution is 5.83. The number of amides is 1. The molecule has 0 aliphatic rings. The summed E-state index contributed by atoms with van der Waals surface area (Å²) in [6, 6.07) is 9.73. The second kappa shape index (κ2) is 7.40. The van der Waals surface area contributed by atoms with Gasteiger partial charge in [-0.2, -0.15) is 0 Å². The van der Waals surface area contributed by atoms with Crippen LogP contribution in [0.15, 0.2) is 30.3 Å². The molecule has 0 aromatic heterocycles. The first kappa shape index (κ1) is 18.2. The van der Waals surface area contributed by atoms with E-state index >= 15 is 0 Å². The van der Waals surface area contributed by atoms with Gasteiger partial charge in [-0.1, -0.05) is 30.3 Å². The van der Waals surface area contributed by atoms with Gasteiger partial charge in [0.05, 0.1) is 24.0 Å². The molecule has 0 heterocycles. The lowest BCUT2D eigenvalue weighted by Gasteiger charge is -2.26. The minimum atomic E-state index is -0.989. The van der Waals surface area contributed by atoms with E-state index in [1.807, 2.05) is 30.3 Å². The molecular formula is C17H25NO4. The van der Waals surface area contributed by atoms with E-state index in [0.717, 1.165) is 5.56 Å². The molecule has 0 saturated heterocycles. The first-order chi connectivity index (χ1) is 10.1. The molecule has 1 rings (SSSR count). The van der Waals surface area contributed by atoms with Crippen molar-refractivity contribution >= 4 is 11.9 Å². The van der Waals surface area contributed by atoms with Gasteiger partial charge in [-0.25, -0.2) is 0 Å². The van der Waals surface area contributed by atoms with Crippen molar-refractivity contribution in [1.82, 2.24) is 5.32 Å². The van der Waals surface area contributed by atoms with Gasteiger partial charge in [-0.15, -0.1) is 0 Å². The molecule has 0 fully saturated rings. The summed E-state index contributed by atoms with van der Waals surface area (Å²) in [5.41, 5.74) is -0.661. The van der Waals surface area contributed by atoms with Gasteiger partial charge in [0.1, 0.15) is 0 Å². The fourth-order valence-corrected chi connectivity index (χ4v) is 1.68. The van der Waals surface area contributed by atoms with E-state index in [1.54, 1.807) is 27.7 Å². The van der Waals surface area contributed by atoms with Crippen LogP contribution in [0.4, 0.5) is 0 Å². The average Bonchev–Trinajstić information content (AvgIpc) is 2.45. The van der Waals surface area contributed by atoms with E-state index in [1.165, 1.54) is 0 Å². The van der Waals surface area contributed by atoms with Gasteiger partial charge in [0, 0.05) is 6.54 Å². The van der Waals surface area contributed by atoms with Crippen molar-refractivity contribution < 1.29 is 19.4 Å². The van der Waals surface area contributed by atoms with Crippen LogP contribution in [0.3, 0.4) is 0 Å². The van der Waals surface area contributed by atoms with Gasteiger partial charge < -0.3 is 15.2 Å². The number of carboxylic acids is 1. The molecular weight excluding hydrogens is 282 g/mol. The van der Waals surface area contributed by atoms with E-state index in [4.69, 9.17) is 9.84 Å².